The number of benzene rings is 1. The maximum absolute atomic E-state index is 15.8. The van der Waals surface area contributed by atoms with Gasteiger partial charge in [0.25, 0.3) is 5.91 Å². The van der Waals surface area contributed by atoms with Gasteiger partial charge in [0, 0.05) is 41.3 Å². The minimum Gasteiger partial charge on any atom is -0.510 e. The molecule has 5 rings (SSSR count). The zero-order chi connectivity index (χ0) is 27.1. The van der Waals surface area contributed by atoms with Crippen molar-refractivity contribution < 1.29 is 39.2 Å². The smallest absolute Gasteiger partial charge is 0.255 e. The van der Waals surface area contributed by atoms with Gasteiger partial charge in [-0.2, -0.15) is 0 Å². The number of phenols is 1. The molecule has 4 aliphatic rings. The maximum atomic E-state index is 15.8. The first-order valence-electron chi connectivity index (χ1n) is 12.3. The number of phenolic OH excluding ortho intramolecular Hbond substituents is 1. The summed E-state index contributed by atoms with van der Waals surface area (Å²) >= 11 is 0. The topological polar surface area (TPSA) is 165 Å². The lowest BCUT2D eigenvalue weighted by atomic mass is 9.58. The number of nitrogens with zero attached hydrogens (tertiary/aromatic N) is 2. The Bertz CT molecular complexity index is 1330. The Labute approximate surface area is 212 Å². The molecule has 0 bridgehead atoms. The molecule has 0 saturated heterocycles. The van der Waals surface area contributed by atoms with E-state index in [2.05, 4.69) is 0 Å². The molecule has 0 saturated carbocycles. The van der Waals surface area contributed by atoms with E-state index >= 15 is 4.39 Å². The van der Waals surface area contributed by atoms with E-state index in [1.54, 1.807) is 14.1 Å². The zero-order valence-electron chi connectivity index (χ0n) is 20.8. The summed E-state index contributed by atoms with van der Waals surface area (Å²) in [5.41, 5.74) is 1.86. The molecule has 11 heteroatoms. The highest BCUT2D eigenvalue weighted by Crippen LogP contribution is 2.53. The fraction of sp³-hybridized carbons (Fsp3) is 0.500. The normalized spacial score (nSPS) is 29.4. The fourth-order valence-corrected chi connectivity index (χ4v) is 6.76. The van der Waals surface area contributed by atoms with E-state index in [1.165, 1.54) is 4.90 Å². The number of carbonyl (C=O) groups excluding carboxylic acids is 3. The number of nitrogens with two attached hydrogens (primary N) is 1. The average molecular weight is 516 g/mol. The number of hydrogen-bond donors (Lipinski definition) is 5. The van der Waals surface area contributed by atoms with Gasteiger partial charge in [-0.05, 0) is 45.8 Å². The fourth-order valence-electron chi connectivity index (χ4n) is 6.76. The van der Waals surface area contributed by atoms with Gasteiger partial charge in [-0.15, -0.1) is 0 Å². The Morgan fingerprint density at radius 3 is 2.41 bits per heavy atom. The number of rotatable bonds is 4. The second-order valence-electron chi connectivity index (χ2n) is 10.6. The van der Waals surface area contributed by atoms with Gasteiger partial charge in [0.1, 0.15) is 28.7 Å². The molecule has 1 heterocycles. The van der Waals surface area contributed by atoms with E-state index in [-0.39, 0.29) is 41.8 Å². The molecule has 1 aliphatic heterocycles. The van der Waals surface area contributed by atoms with Crippen LogP contribution in [0.1, 0.15) is 46.8 Å². The van der Waals surface area contributed by atoms with Crippen LogP contribution in [0.25, 0.3) is 0 Å². The molecule has 4 atom stereocenters. The van der Waals surface area contributed by atoms with E-state index in [9.17, 15) is 34.8 Å². The molecular formula is C26H30FN3O7. The number of aromatic hydroxyl groups is 1. The number of fused-ring (bicyclic) bond motifs is 4. The van der Waals surface area contributed by atoms with Gasteiger partial charge in [-0.3, -0.25) is 24.2 Å². The lowest BCUT2D eigenvalue weighted by molar-refractivity contribution is -0.148. The standard InChI is InChI=1S/C26H30FN3O7/c1-4-5-30-8-12-13(9-30)20(31)16-11(18(12)27)6-10-7-14-19(29(2)3)22(33)17(25(28)36)24(35)26(14,37)23(34)15(10)21(16)32/h10,14,19,31,33-34,37H,4-9H2,1-3H3,(H2,28,36)/t10-,14-,19-,26-/m0/s1. The van der Waals surface area contributed by atoms with Crippen LogP contribution in [0.5, 0.6) is 5.75 Å². The Balaban J connectivity index is 1.69. The third-order valence-corrected chi connectivity index (χ3v) is 8.34. The summed E-state index contributed by atoms with van der Waals surface area (Å²) in [4.78, 5) is 42.5. The Morgan fingerprint density at radius 1 is 1.16 bits per heavy atom. The van der Waals surface area contributed by atoms with Crippen LogP contribution in [-0.4, -0.2) is 80.0 Å². The molecule has 0 fully saturated rings. The zero-order valence-corrected chi connectivity index (χ0v) is 20.8. The van der Waals surface area contributed by atoms with Crippen LogP contribution in [0.15, 0.2) is 22.7 Å². The van der Waals surface area contributed by atoms with Gasteiger partial charge in [0.2, 0.25) is 5.78 Å². The molecule has 6 N–H and O–H groups in total. The van der Waals surface area contributed by atoms with Crippen molar-refractivity contribution in [3.8, 4) is 5.75 Å². The van der Waals surface area contributed by atoms with E-state index in [1.807, 2.05) is 11.8 Å². The van der Waals surface area contributed by atoms with E-state index in [4.69, 9.17) is 5.73 Å². The number of primary amides is 1. The molecular weight excluding hydrogens is 485 g/mol. The summed E-state index contributed by atoms with van der Waals surface area (Å²) in [5, 5.41) is 44.8. The van der Waals surface area contributed by atoms with Crippen molar-refractivity contribution in [3.63, 3.8) is 0 Å². The number of carbonyl (C=O) groups is 3. The highest BCUT2D eigenvalue weighted by Gasteiger charge is 2.63. The first-order chi connectivity index (χ1) is 17.4. The molecule has 0 unspecified atom stereocenters. The quantitative estimate of drug-likeness (QED) is 0.368. The molecule has 0 aromatic heterocycles. The van der Waals surface area contributed by atoms with Crippen molar-refractivity contribution in [2.24, 2.45) is 17.6 Å². The summed E-state index contributed by atoms with van der Waals surface area (Å²) in [6, 6.07) is -1.09. The van der Waals surface area contributed by atoms with Gasteiger partial charge >= 0.3 is 0 Å². The molecule has 3 aliphatic carbocycles. The third kappa shape index (κ3) is 3.23. The first-order valence-corrected chi connectivity index (χ1v) is 12.3. The first kappa shape index (κ1) is 25.4. The number of amides is 1. The van der Waals surface area contributed by atoms with Crippen LogP contribution >= 0.6 is 0 Å². The predicted octanol–water partition coefficient (Wildman–Crippen LogP) is 0.985. The number of hydrogen-bond acceptors (Lipinski definition) is 9. The van der Waals surface area contributed by atoms with E-state index in [0.717, 1.165) is 6.42 Å². The Morgan fingerprint density at radius 2 is 1.81 bits per heavy atom. The van der Waals surface area contributed by atoms with Gasteiger partial charge in [0.05, 0.1) is 11.6 Å². The van der Waals surface area contributed by atoms with Gasteiger partial charge in [0.15, 0.2) is 11.4 Å². The van der Waals surface area contributed by atoms with Crippen molar-refractivity contribution in [1.29, 1.82) is 0 Å². The van der Waals surface area contributed by atoms with Gasteiger partial charge in [-0.25, -0.2) is 4.39 Å². The third-order valence-electron chi connectivity index (χ3n) is 8.34. The number of aliphatic hydroxyl groups is 3. The maximum Gasteiger partial charge on any atom is 0.255 e. The number of ketones is 2. The SMILES string of the molecule is CCCN1Cc2c(O)c3c(c(F)c2C1)C[C@H]1C[C@H]2[C@H](N(C)C)C(O)=C(C(N)=O)C(=O)[C@@]2(O)C(O)=C1C3=O. The van der Waals surface area contributed by atoms with Crippen LogP contribution in [0, 0.1) is 17.7 Å². The summed E-state index contributed by atoms with van der Waals surface area (Å²) < 4.78 is 15.8. The molecule has 37 heavy (non-hydrogen) atoms. The number of allylic oxidation sites excluding steroid dienone is 1. The summed E-state index contributed by atoms with van der Waals surface area (Å²) in [7, 11) is 3.10. The van der Waals surface area contributed by atoms with Crippen molar-refractivity contribution in [3.05, 3.63) is 50.7 Å². The number of Topliss-reactive ketones (excluding diaryl/α,β-unsaturated/α-hetero) is 2. The highest BCUT2D eigenvalue weighted by atomic mass is 19.1. The van der Waals surface area contributed by atoms with Crippen molar-refractivity contribution in [2.45, 2.75) is 50.9 Å². The van der Waals surface area contributed by atoms with Crippen molar-refractivity contribution in [1.82, 2.24) is 9.80 Å². The van der Waals surface area contributed by atoms with E-state index < -0.39 is 63.9 Å². The Hall–Kier alpha value is -3.28. The highest BCUT2D eigenvalue weighted by molar-refractivity contribution is 6.24. The summed E-state index contributed by atoms with van der Waals surface area (Å²) in [6.07, 6.45) is 0.688. The molecule has 0 spiro atoms. The van der Waals surface area contributed by atoms with Gasteiger partial charge < -0.3 is 26.2 Å². The Kier molecular flexibility index (Phi) is 5.74. The lowest BCUT2D eigenvalue weighted by Gasteiger charge is -2.50. The number of aliphatic hydroxyl groups excluding tert-OH is 2. The average Bonchev–Trinajstić information content (AvgIpc) is 3.24. The molecule has 0 radical (unpaired) electrons. The minimum absolute atomic E-state index is 0.0349. The van der Waals surface area contributed by atoms with Crippen LogP contribution in [0.3, 0.4) is 0 Å². The largest absolute Gasteiger partial charge is 0.510 e. The minimum atomic E-state index is -2.71. The van der Waals surface area contributed by atoms with Crippen LogP contribution in [0.2, 0.25) is 0 Å². The van der Waals surface area contributed by atoms with Crippen molar-refractivity contribution >= 4 is 17.5 Å². The second kappa shape index (κ2) is 8.37. The molecule has 10 nitrogen and oxygen atoms in total. The lowest BCUT2D eigenvalue weighted by Crippen LogP contribution is -2.63. The predicted molar refractivity (Wildman–Crippen MR) is 128 cm³/mol. The molecule has 1 aromatic carbocycles. The second-order valence-corrected chi connectivity index (χ2v) is 10.6. The van der Waals surface area contributed by atoms with Crippen molar-refractivity contribution in [2.75, 3.05) is 20.6 Å². The molecule has 1 aromatic rings. The van der Waals surface area contributed by atoms with Gasteiger partial charge in [-0.1, -0.05) is 6.92 Å². The molecule has 1 amide bonds. The summed E-state index contributed by atoms with van der Waals surface area (Å²) in [5.74, 6) is -7.95. The summed E-state index contributed by atoms with van der Waals surface area (Å²) in [6.45, 7) is 3.23. The number of likely N-dealkylation sites (N-methyl/N-ethyl adjacent to an activating group) is 1. The number of halogens is 1. The van der Waals surface area contributed by atoms with E-state index in [0.29, 0.717) is 24.2 Å². The van der Waals surface area contributed by atoms with Crippen LogP contribution < -0.4 is 5.73 Å². The van der Waals surface area contributed by atoms with Crippen LogP contribution in [-0.2, 0) is 29.1 Å². The molecule has 198 valence electrons. The monoisotopic (exact) mass is 515 g/mol. The van der Waals surface area contributed by atoms with Crippen LogP contribution in [0.4, 0.5) is 4.39 Å².